The Labute approximate surface area is 159 Å². The number of amides is 1. The molecule has 142 valence electrons. The quantitative estimate of drug-likeness (QED) is 0.585. The third-order valence-electron chi connectivity index (χ3n) is 4.87. The Balaban J connectivity index is 1.50. The average Bonchev–Trinajstić information content (AvgIpc) is 2.91. The van der Waals surface area contributed by atoms with E-state index in [0.29, 0.717) is 16.6 Å². The molecule has 0 aliphatic carbocycles. The molecule has 0 aliphatic heterocycles. The van der Waals surface area contributed by atoms with Crippen LogP contribution in [-0.4, -0.2) is 24.6 Å². The first-order valence-corrected chi connectivity index (χ1v) is 8.85. The van der Waals surface area contributed by atoms with Gasteiger partial charge in [0.1, 0.15) is 0 Å². The molecule has 0 spiro atoms. The van der Waals surface area contributed by atoms with E-state index in [1.54, 1.807) is 55.1 Å². The van der Waals surface area contributed by atoms with Gasteiger partial charge in [-0.25, -0.2) is 9.78 Å². The fourth-order valence-corrected chi connectivity index (χ4v) is 3.30. The lowest BCUT2D eigenvalue weighted by Crippen LogP contribution is -2.23. The number of nitrogens with zero attached hydrogens (tertiary/aromatic N) is 4. The molecule has 8 heteroatoms. The van der Waals surface area contributed by atoms with E-state index in [4.69, 9.17) is 0 Å². The van der Waals surface area contributed by atoms with E-state index in [1.807, 2.05) is 6.07 Å². The second-order valence-corrected chi connectivity index (χ2v) is 6.66. The number of aromatic nitrogens is 4. The highest BCUT2D eigenvalue weighted by molar-refractivity contribution is 5.93. The van der Waals surface area contributed by atoms with Gasteiger partial charge in [-0.15, -0.1) is 0 Å². The summed E-state index contributed by atoms with van der Waals surface area (Å²) in [5.74, 6) is -0.222. The maximum Gasteiger partial charge on any atom is 0.328 e. The molecule has 0 atom stereocenters. The van der Waals surface area contributed by atoms with E-state index in [0.717, 1.165) is 11.0 Å². The van der Waals surface area contributed by atoms with Crippen molar-refractivity contribution in [3.63, 3.8) is 0 Å². The summed E-state index contributed by atoms with van der Waals surface area (Å²) >= 11 is 0. The molecule has 8 nitrogen and oxygen atoms in total. The lowest BCUT2D eigenvalue weighted by Gasteiger charge is -2.08. The van der Waals surface area contributed by atoms with Crippen molar-refractivity contribution < 1.29 is 4.79 Å². The fraction of sp³-hybridized carbons (Fsp3) is 0.200. The molecule has 1 N–H and O–H groups in total. The highest BCUT2D eigenvalue weighted by Crippen LogP contribution is 2.17. The summed E-state index contributed by atoms with van der Waals surface area (Å²) in [6, 6.07) is 12.4. The molecule has 0 unspecified atom stereocenters. The SMILES string of the molecule is Cn1c(=O)n(C)c2cc(NC(=O)CCn3cnc4ccccc4c3=O)ccc21. The number of benzene rings is 2. The third kappa shape index (κ3) is 2.98. The number of imidazole rings is 1. The molecule has 0 fully saturated rings. The van der Waals surface area contributed by atoms with Crippen molar-refractivity contribution in [3.8, 4) is 0 Å². The van der Waals surface area contributed by atoms with Gasteiger partial charge in [-0.05, 0) is 30.3 Å². The summed E-state index contributed by atoms with van der Waals surface area (Å²) in [6.07, 6.45) is 1.59. The minimum absolute atomic E-state index is 0.123. The smallest absolute Gasteiger partial charge is 0.326 e. The van der Waals surface area contributed by atoms with Crippen LogP contribution in [0.15, 0.2) is 58.4 Å². The largest absolute Gasteiger partial charge is 0.328 e. The van der Waals surface area contributed by atoms with Crippen molar-refractivity contribution in [1.29, 1.82) is 0 Å². The molecule has 0 saturated carbocycles. The normalized spacial score (nSPS) is 11.2. The first-order chi connectivity index (χ1) is 13.5. The number of nitrogens with one attached hydrogen (secondary N) is 1. The molecule has 2 aromatic heterocycles. The van der Waals surface area contributed by atoms with Gasteiger partial charge in [-0.1, -0.05) is 12.1 Å². The second kappa shape index (κ2) is 6.80. The number of aryl methyl sites for hydroxylation is 3. The molecule has 0 saturated heterocycles. The van der Waals surface area contributed by atoms with Crippen molar-refractivity contribution in [1.82, 2.24) is 18.7 Å². The van der Waals surface area contributed by atoms with Crippen LogP contribution in [0.1, 0.15) is 6.42 Å². The number of rotatable bonds is 4. The Kier molecular flexibility index (Phi) is 4.31. The number of hydrogen-bond donors (Lipinski definition) is 1. The zero-order valence-electron chi connectivity index (χ0n) is 15.5. The molecule has 4 aromatic rings. The third-order valence-corrected chi connectivity index (χ3v) is 4.87. The standard InChI is InChI=1S/C20H19N5O3/c1-23-16-8-7-13(11-17(16)24(2)20(23)28)22-18(26)9-10-25-12-21-15-6-4-3-5-14(15)19(25)27/h3-8,11-12H,9-10H2,1-2H3,(H,22,26). The topological polar surface area (TPSA) is 90.9 Å². The lowest BCUT2D eigenvalue weighted by molar-refractivity contribution is -0.116. The van der Waals surface area contributed by atoms with Gasteiger partial charge in [-0.3, -0.25) is 23.3 Å². The maximum atomic E-state index is 12.5. The van der Waals surface area contributed by atoms with Crippen LogP contribution in [0.2, 0.25) is 0 Å². The van der Waals surface area contributed by atoms with Crippen LogP contribution in [0.5, 0.6) is 0 Å². The Morgan fingerprint density at radius 1 is 1.04 bits per heavy atom. The zero-order chi connectivity index (χ0) is 19.8. The first-order valence-electron chi connectivity index (χ1n) is 8.85. The monoisotopic (exact) mass is 377 g/mol. The van der Waals surface area contributed by atoms with E-state index in [2.05, 4.69) is 10.3 Å². The number of anilines is 1. The van der Waals surface area contributed by atoms with Gasteiger partial charge >= 0.3 is 5.69 Å². The van der Waals surface area contributed by atoms with E-state index in [1.165, 1.54) is 15.5 Å². The minimum atomic E-state index is -0.222. The summed E-state index contributed by atoms with van der Waals surface area (Å²) in [5, 5.41) is 3.35. The average molecular weight is 377 g/mol. The molecule has 0 aliphatic rings. The van der Waals surface area contributed by atoms with Gasteiger partial charge in [0, 0.05) is 32.7 Å². The van der Waals surface area contributed by atoms with Crippen LogP contribution in [-0.2, 0) is 25.4 Å². The van der Waals surface area contributed by atoms with Crippen LogP contribution < -0.4 is 16.6 Å². The lowest BCUT2D eigenvalue weighted by atomic mass is 10.2. The fourth-order valence-electron chi connectivity index (χ4n) is 3.30. The van der Waals surface area contributed by atoms with Crippen LogP contribution >= 0.6 is 0 Å². The summed E-state index contributed by atoms with van der Waals surface area (Å²) in [6.45, 7) is 0.231. The van der Waals surface area contributed by atoms with Gasteiger partial charge < -0.3 is 5.32 Å². The predicted molar refractivity (Wildman–Crippen MR) is 107 cm³/mol. The number of para-hydroxylation sites is 1. The predicted octanol–water partition coefficient (Wildman–Crippen LogP) is 1.62. The van der Waals surface area contributed by atoms with Crippen LogP contribution in [0.3, 0.4) is 0 Å². The number of fused-ring (bicyclic) bond motifs is 2. The van der Waals surface area contributed by atoms with Crippen LogP contribution in [0, 0.1) is 0 Å². The van der Waals surface area contributed by atoms with Crippen molar-refractivity contribution in [3.05, 3.63) is 69.6 Å². The highest BCUT2D eigenvalue weighted by Gasteiger charge is 2.10. The molecule has 0 bridgehead atoms. The Morgan fingerprint density at radius 2 is 1.79 bits per heavy atom. The molecular formula is C20H19N5O3. The van der Waals surface area contributed by atoms with Crippen molar-refractivity contribution in [2.24, 2.45) is 14.1 Å². The highest BCUT2D eigenvalue weighted by atomic mass is 16.2. The van der Waals surface area contributed by atoms with Crippen LogP contribution in [0.4, 0.5) is 5.69 Å². The summed E-state index contributed by atoms with van der Waals surface area (Å²) in [5.41, 5.74) is 2.47. The Bertz CT molecular complexity index is 1330. The molecule has 1 amide bonds. The number of hydrogen-bond acceptors (Lipinski definition) is 4. The van der Waals surface area contributed by atoms with E-state index >= 15 is 0 Å². The van der Waals surface area contributed by atoms with E-state index in [9.17, 15) is 14.4 Å². The van der Waals surface area contributed by atoms with E-state index < -0.39 is 0 Å². The minimum Gasteiger partial charge on any atom is -0.326 e. The second-order valence-electron chi connectivity index (χ2n) is 6.66. The molecular weight excluding hydrogens is 358 g/mol. The van der Waals surface area contributed by atoms with Crippen molar-refractivity contribution in [2.75, 3.05) is 5.32 Å². The summed E-state index contributed by atoms with van der Waals surface area (Å²) in [7, 11) is 3.40. The van der Waals surface area contributed by atoms with Crippen molar-refractivity contribution in [2.45, 2.75) is 13.0 Å². The molecule has 28 heavy (non-hydrogen) atoms. The Morgan fingerprint density at radius 3 is 2.61 bits per heavy atom. The summed E-state index contributed by atoms with van der Waals surface area (Å²) in [4.78, 5) is 41.1. The molecule has 2 heterocycles. The number of carbonyl (C=O) groups is 1. The maximum absolute atomic E-state index is 12.5. The van der Waals surface area contributed by atoms with Crippen molar-refractivity contribution >= 4 is 33.5 Å². The van der Waals surface area contributed by atoms with E-state index in [-0.39, 0.29) is 30.1 Å². The van der Waals surface area contributed by atoms with Crippen LogP contribution in [0.25, 0.3) is 21.9 Å². The van der Waals surface area contributed by atoms with Gasteiger partial charge in [-0.2, -0.15) is 0 Å². The molecule has 4 rings (SSSR count). The molecule has 0 radical (unpaired) electrons. The molecule has 2 aromatic carbocycles. The van der Waals surface area contributed by atoms with Gasteiger partial charge in [0.25, 0.3) is 5.56 Å². The van der Waals surface area contributed by atoms with Gasteiger partial charge in [0.05, 0.1) is 28.3 Å². The zero-order valence-corrected chi connectivity index (χ0v) is 15.5. The van der Waals surface area contributed by atoms with Gasteiger partial charge in [0.15, 0.2) is 0 Å². The Hall–Kier alpha value is -3.68. The summed E-state index contributed by atoms with van der Waals surface area (Å²) < 4.78 is 4.53. The first kappa shape index (κ1) is 17.7. The van der Waals surface area contributed by atoms with Gasteiger partial charge in [0.2, 0.25) is 5.91 Å². The number of carbonyl (C=O) groups excluding carboxylic acids is 1.